The predicted octanol–water partition coefficient (Wildman–Crippen LogP) is 0.941. The van der Waals surface area contributed by atoms with Gasteiger partial charge in [0.1, 0.15) is 0 Å². The van der Waals surface area contributed by atoms with Crippen LogP contribution in [0.4, 0.5) is 0 Å². The highest BCUT2D eigenvalue weighted by molar-refractivity contribution is 5.84. The smallest absolute Gasteiger partial charge is 0.239 e. The topological polar surface area (TPSA) is 70.2 Å². The van der Waals surface area contributed by atoms with Crippen LogP contribution >= 0.6 is 0 Å². The molecule has 3 N–H and O–H groups in total. The Kier molecular flexibility index (Phi) is 6.30. The van der Waals surface area contributed by atoms with E-state index < -0.39 is 0 Å². The van der Waals surface area contributed by atoms with Gasteiger partial charge in [-0.15, -0.1) is 0 Å². The van der Waals surface area contributed by atoms with Crippen molar-refractivity contribution < 1.29 is 9.59 Å². The molecule has 114 valence electrons. The highest BCUT2D eigenvalue weighted by Crippen LogP contribution is 2.28. The number of rotatable bonds is 6. The molecular weight excluding hydrogens is 254 g/mol. The lowest BCUT2D eigenvalue weighted by Crippen LogP contribution is -2.48. The summed E-state index contributed by atoms with van der Waals surface area (Å²) < 4.78 is 0. The maximum atomic E-state index is 11.7. The molecule has 2 amide bonds. The standard InChI is InChI=1S/C15H27N3O2/c19-14(8-7-12-4-1-2-5-12)17-11-15(20)18-13-6-3-9-16-10-13/h12-13,16H,1-11H2,(H,17,19)(H,18,20). The van der Waals surface area contributed by atoms with Crippen LogP contribution in [-0.4, -0.2) is 37.5 Å². The summed E-state index contributed by atoms with van der Waals surface area (Å²) in [5, 5.41) is 8.93. The Hall–Kier alpha value is -1.10. The van der Waals surface area contributed by atoms with E-state index in [1.54, 1.807) is 0 Å². The molecule has 2 rings (SSSR count). The fourth-order valence-electron chi connectivity index (χ4n) is 3.16. The number of nitrogens with one attached hydrogen (secondary N) is 3. The Balaban J connectivity index is 1.53. The molecule has 1 saturated carbocycles. The molecule has 0 spiro atoms. The van der Waals surface area contributed by atoms with Crippen molar-refractivity contribution in [3.05, 3.63) is 0 Å². The van der Waals surface area contributed by atoms with E-state index in [0.29, 0.717) is 6.42 Å². The van der Waals surface area contributed by atoms with Crippen LogP contribution < -0.4 is 16.0 Å². The SMILES string of the molecule is O=C(CCC1CCCC1)NCC(=O)NC1CCCNC1. The minimum Gasteiger partial charge on any atom is -0.351 e. The summed E-state index contributed by atoms with van der Waals surface area (Å²) in [6.45, 7) is 1.98. The van der Waals surface area contributed by atoms with Crippen molar-refractivity contribution in [3.63, 3.8) is 0 Å². The second-order valence-corrected chi connectivity index (χ2v) is 6.08. The fraction of sp³-hybridized carbons (Fsp3) is 0.867. The van der Waals surface area contributed by atoms with Crippen molar-refractivity contribution in [1.82, 2.24) is 16.0 Å². The third-order valence-electron chi connectivity index (χ3n) is 4.36. The molecule has 0 aromatic carbocycles. The molecule has 1 unspecified atom stereocenters. The van der Waals surface area contributed by atoms with Crippen LogP contribution in [-0.2, 0) is 9.59 Å². The Morgan fingerprint density at radius 1 is 1.05 bits per heavy atom. The van der Waals surface area contributed by atoms with Crippen LogP contribution in [0.25, 0.3) is 0 Å². The molecule has 2 fully saturated rings. The van der Waals surface area contributed by atoms with Crippen LogP contribution in [0.3, 0.4) is 0 Å². The van der Waals surface area contributed by atoms with Gasteiger partial charge in [-0.1, -0.05) is 25.7 Å². The molecule has 5 nitrogen and oxygen atoms in total. The van der Waals surface area contributed by atoms with Gasteiger partial charge in [-0.2, -0.15) is 0 Å². The van der Waals surface area contributed by atoms with E-state index in [1.807, 2.05) is 0 Å². The molecule has 0 radical (unpaired) electrons. The first kappa shape index (κ1) is 15.3. The third kappa shape index (κ3) is 5.49. The van der Waals surface area contributed by atoms with E-state index in [0.717, 1.165) is 38.3 Å². The zero-order chi connectivity index (χ0) is 14.2. The minimum absolute atomic E-state index is 0.00817. The molecule has 20 heavy (non-hydrogen) atoms. The average molecular weight is 281 g/mol. The van der Waals surface area contributed by atoms with Crippen molar-refractivity contribution in [2.45, 2.75) is 57.4 Å². The first-order valence-electron chi connectivity index (χ1n) is 8.01. The van der Waals surface area contributed by atoms with E-state index in [-0.39, 0.29) is 24.4 Å². The largest absolute Gasteiger partial charge is 0.351 e. The van der Waals surface area contributed by atoms with Crippen LogP contribution in [0.2, 0.25) is 0 Å². The number of carbonyl (C=O) groups excluding carboxylic acids is 2. The summed E-state index contributed by atoms with van der Waals surface area (Å²) in [6.07, 6.45) is 8.80. The van der Waals surface area contributed by atoms with E-state index in [9.17, 15) is 9.59 Å². The second-order valence-electron chi connectivity index (χ2n) is 6.08. The monoisotopic (exact) mass is 281 g/mol. The van der Waals surface area contributed by atoms with Crippen molar-refractivity contribution in [1.29, 1.82) is 0 Å². The second kappa shape index (κ2) is 8.25. The summed E-state index contributed by atoms with van der Waals surface area (Å²) >= 11 is 0. The van der Waals surface area contributed by atoms with E-state index in [4.69, 9.17) is 0 Å². The normalized spacial score (nSPS) is 23.5. The van der Waals surface area contributed by atoms with Crippen molar-refractivity contribution >= 4 is 11.8 Å². The number of piperidine rings is 1. The highest BCUT2D eigenvalue weighted by atomic mass is 16.2. The summed E-state index contributed by atoms with van der Waals surface area (Å²) in [7, 11) is 0. The third-order valence-corrected chi connectivity index (χ3v) is 4.36. The maximum Gasteiger partial charge on any atom is 0.239 e. The van der Waals surface area contributed by atoms with Crippen molar-refractivity contribution in [3.8, 4) is 0 Å². The van der Waals surface area contributed by atoms with E-state index in [2.05, 4.69) is 16.0 Å². The van der Waals surface area contributed by atoms with E-state index >= 15 is 0 Å². The lowest BCUT2D eigenvalue weighted by atomic mass is 10.0. The van der Waals surface area contributed by atoms with Crippen LogP contribution in [0, 0.1) is 5.92 Å². The van der Waals surface area contributed by atoms with Crippen LogP contribution in [0.5, 0.6) is 0 Å². The van der Waals surface area contributed by atoms with Gasteiger partial charge in [0.15, 0.2) is 0 Å². The van der Waals surface area contributed by atoms with Crippen molar-refractivity contribution in [2.24, 2.45) is 5.92 Å². The molecule has 1 aliphatic heterocycles. The van der Waals surface area contributed by atoms with Gasteiger partial charge < -0.3 is 16.0 Å². The highest BCUT2D eigenvalue weighted by Gasteiger charge is 2.17. The average Bonchev–Trinajstić information content (AvgIpc) is 2.97. The molecule has 2 aliphatic rings. The van der Waals surface area contributed by atoms with Gasteiger partial charge in [0.2, 0.25) is 11.8 Å². The Morgan fingerprint density at radius 2 is 1.85 bits per heavy atom. The molecule has 1 heterocycles. The number of amides is 2. The first-order valence-corrected chi connectivity index (χ1v) is 8.01. The molecule has 5 heteroatoms. The molecule has 0 aromatic rings. The van der Waals surface area contributed by atoms with Gasteiger partial charge in [-0.25, -0.2) is 0 Å². The summed E-state index contributed by atoms with van der Waals surface area (Å²) in [4.78, 5) is 23.4. The van der Waals surface area contributed by atoms with Gasteiger partial charge in [-0.3, -0.25) is 9.59 Å². The van der Waals surface area contributed by atoms with Gasteiger partial charge in [0.25, 0.3) is 0 Å². The molecule has 0 aromatic heterocycles. The molecule has 1 aliphatic carbocycles. The Morgan fingerprint density at radius 3 is 2.55 bits per heavy atom. The number of hydrogen-bond donors (Lipinski definition) is 3. The van der Waals surface area contributed by atoms with Gasteiger partial charge in [0, 0.05) is 19.0 Å². The van der Waals surface area contributed by atoms with Crippen molar-refractivity contribution in [2.75, 3.05) is 19.6 Å². The lowest BCUT2D eigenvalue weighted by Gasteiger charge is -2.23. The zero-order valence-electron chi connectivity index (χ0n) is 12.2. The predicted molar refractivity (Wildman–Crippen MR) is 78.2 cm³/mol. The maximum absolute atomic E-state index is 11.7. The summed E-state index contributed by atoms with van der Waals surface area (Å²) in [5.74, 6) is 0.657. The number of carbonyl (C=O) groups is 2. The molecule has 1 atom stereocenters. The molecule has 1 saturated heterocycles. The quantitative estimate of drug-likeness (QED) is 0.678. The van der Waals surface area contributed by atoms with Gasteiger partial charge in [0.05, 0.1) is 6.54 Å². The fourth-order valence-corrected chi connectivity index (χ4v) is 3.16. The molecule has 0 bridgehead atoms. The van der Waals surface area contributed by atoms with Gasteiger partial charge in [-0.05, 0) is 31.7 Å². The van der Waals surface area contributed by atoms with Crippen LogP contribution in [0.1, 0.15) is 51.4 Å². The lowest BCUT2D eigenvalue weighted by molar-refractivity contribution is -0.126. The first-order chi connectivity index (χ1) is 9.74. The van der Waals surface area contributed by atoms with Crippen LogP contribution in [0.15, 0.2) is 0 Å². The summed E-state index contributed by atoms with van der Waals surface area (Å²) in [6, 6.07) is 0.214. The summed E-state index contributed by atoms with van der Waals surface area (Å²) in [5.41, 5.74) is 0. The zero-order valence-corrected chi connectivity index (χ0v) is 12.2. The van der Waals surface area contributed by atoms with Gasteiger partial charge >= 0.3 is 0 Å². The van der Waals surface area contributed by atoms with E-state index in [1.165, 1.54) is 25.7 Å². The number of hydrogen-bond acceptors (Lipinski definition) is 3. The molecular formula is C15H27N3O2. The Bertz CT molecular complexity index is 321. The minimum atomic E-state index is -0.0760. The Labute approximate surface area is 121 Å².